The molecule has 1 amide bonds. The molecule has 1 atom stereocenters. The first-order valence-corrected chi connectivity index (χ1v) is 12.7. The molecule has 2 N–H and O–H groups in total. The minimum atomic E-state index is -3.59. The number of amides is 1. The van der Waals surface area contributed by atoms with Gasteiger partial charge in [0.15, 0.2) is 5.96 Å². The molecule has 1 unspecified atom stereocenters. The number of guanidine groups is 1. The number of nitrogens with two attached hydrogens (primary N) is 1. The van der Waals surface area contributed by atoms with Gasteiger partial charge in [-0.25, -0.2) is 13.4 Å². The number of piperidine rings is 1. The van der Waals surface area contributed by atoms with Gasteiger partial charge in [0, 0.05) is 25.0 Å². The number of aliphatic imine (C=N–C) groups is 1. The fourth-order valence-electron chi connectivity index (χ4n) is 5.01. The summed E-state index contributed by atoms with van der Waals surface area (Å²) < 4.78 is 28.3. The van der Waals surface area contributed by atoms with Gasteiger partial charge in [-0.2, -0.15) is 4.31 Å². The van der Waals surface area contributed by atoms with Crippen LogP contribution in [0.4, 0.5) is 0 Å². The number of carbonyl (C=O) groups is 1. The Morgan fingerprint density at radius 1 is 1.12 bits per heavy atom. The minimum absolute atomic E-state index is 0.0468. The van der Waals surface area contributed by atoms with E-state index in [1.165, 1.54) is 0 Å². The molecule has 0 spiro atoms. The molecule has 0 aromatic heterocycles. The van der Waals surface area contributed by atoms with Crippen molar-refractivity contribution in [2.75, 3.05) is 19.6 Å². The predicted molar refractivity (Wildman–Crippen MR) is 127 cm³/mol. The Morgan fingerprint density at radius 3 is 2.47 bits per heavy atom. The maximum absolute atomic E-state index is 13.4. The summed E-state index contributed by atoms with van der Waals surface area (Å²) in [5.41, 5.74) is 5.32. The molecule has 0 bridgehead atoms. The van der Waals surface area contributed by atoms with E-state index in [-0.39, 0.29) is 17.8 Å². The number of benzene rings is 2. The van der Waals surface area contributed by atoms with Gasteiger partial charge in [0.05, 0.1) is 4.90 Å². The van der Waals surface area contributed by atoms with Gasteiger partial charge in [-0.1, -0.05) is 50.2 Å². The van der Waals surface area contributed by atoms with Crippen molar-refractivity contribution in [1.29, 1.82) is 0 Å². The summed E-state index contributed by atoms with van der Waals surface area (Å²) in [5, 5.41) is 1.66. The smallest absolute Gasteiger partial charge is 0.257 e. The van der Waals surface area contributed by atoms with Gasteiger partial charge in [-0.15, -0.1) is 0 Å². The van der Waals surface area contributed by atoms with E-state index in [1.54, 1.807) is 21.3 Å². The maximum atomic E-state index is 13.4. The molecular formula is C24H32N4O3S. The Morgan fingerprint density at radius 2 is 1.78 bits per heavy atom. The highest BCUT2D eigenvalue weighted by Gasteiger charge is 2.45. The van der Waals surface area contributed by atoms with Crippen LogP contribution in [0.2, 0.25) is 0 Å². The minimum Gasteiger partial charge on any atom is -0.369 e. The molecule has 2 aromatic rings. The topological polar surface area (TPSA) is 96.1 Å². The third kappa shape index (κ3) is 4.13. The van der Waals surface area contributed by atoms with Gasteiger partial charge in [-0.3, -0.25) is 9.69 Å². The maximum Gasteiger partial charge on any atom is 0.257 e. The van der Waals surface area contributed by atoms with E-state index < -0.39 is 15.6 Å². The molecule has 1 fully saturated rings. The normalized spacial score (nSPS) is 23.3. The molecule has 2 aromatic carbocycles. The van der Waals surface area contributed by atoms with Crippen molar-refractivity contribution in [2.45, 2.75) is 50.5 Å². The monoisotopic (exact) mass is 456 g/mol. The van der Waals surface area contributed by atoms with Gasteiger partial charge in [-0.05, 0) is 49.5 Å². The lowest BCUT2D eigenvalue weighted by atomic mass is 9.90. The van der Waals surface area contributed by atoms with Gasteiger partial charge >= 0.3 is 0 Å². The van der Waals surface area contributed by atoms with Crippen molar-refractivity contribution in [2.24, 2.45) is 22.6 Å². The van der Waals surface area contributed by atoms with Crippen LogP contribution in [0.1, 0.15) is 40.0 Å². The van der Waals surface area contributed by atoms with Crippen molar-refractivity contribution in [3.8, 4) is 0 Å². The molecule has 172 valence electrons. The second-order valence-corrected chi connectivity index (χ2v) is 11.5. The molecule has 0 aliphatic carbocycles. The van der Waals surface area contributed by atoms with E-state index in [2.05, 4.69) is 18.8 Å². The van der Waals surface area contributed by atoms with Crippen molar-refractivity contribution >= 4 is 32.7 Å². The second kappa shape index (κ2) is 8.48. The van der Waals surface area contributed by atoms with Crippen LogP contribution in [-0.2, 0) is 14.8 Å². The molecule has 8 heteroatoms. The highest BCUT2D eigenvalue weighted by Crippen LogP contribution is 2.32. The van der Waals surface area contributed by atoms with Crippen molar-refractivity contribution in [3.05, 3.63) is 42.5 Å². The first-order chi connectivity index (χ1) is 15.1. The lowest BCUT2D eigenvalue weighted by Crippen LogP contribution is -2.47. The second-order valence-electron chi connectivity index (χ2n) is 9.58. The first-order valence-electron chi connectivity index (χ1n) is 11.3. The highest BCUT2D eigenvalue weighted by atomic mass is 32.2. The summed E-state index contributed by atoms with van der Waals surface area (Å²) in [7, 11) is -3.59. The molecular weight excluding hydrogens is 424 g/mol. The van der Waals surface area contributed by atoms with Crippen LogP contribution in [-0.4, -0.2) is 54.7 Å². The van der Waals surface area contributed by atoms with E-state index in [0.29, 0.717) is 49.7 Å². The van der Waals surface area contributed by atoms with E-state index >= 15 is 0 Å². The van der Waals surface area contributed by atoms with Crippen LogP contribution < -0.4 is 5.73 Å². The predicted octanol–water partition coefficient (Wildman–Crippen LogP) is 3.20. The van der Waals surface area contributed by atoms with Crippen LogP contribution in [0.3, 0.4) is 0 Å². The van der Waals surface area contributed by atoms with Gasteiger partial charge in [0.2, 0.25) is 10.0 Å². The summed E-state index contributed by atoms with van der Waals surface area (Å²) in [5.74, 6) is 0.759. The summed E-state index contributed by atoms with van der Waals surface area (Å²) >= 11 is 0. The van der Waals surface area contributed by atoms with Crippen LogP contribution in [0.25, 0.3) is 10.8 Å². The molecule has 0 saturated carbocycles. The van der Waals surface area contributed by atoms with Crippen LogP contribution in [0, 0.1) is 11.8 Å². The molecule has 2 aliphatic heterocycles. The zero-order valence-corrected chi connectivity index (χ0v) is 19.8. The highest BCUT2D eigenvalue weighted by molar-refractivity contribution is 7.89. The number of rotatable bonds is 6. The van der Waals surface area contributed by atoms with Gasteiger partial charge < -0.3 is 5.73 Å². The molecule has 4 rings (SSSR count). The van der Waals surface area contributed by atoms with Crippen LogP contribution >= 0.6 is 0 Å². The van der Waals surface area contributed by atoms with Crippen molar-refractivity contribution < 1.29 is 13.2 Å². The molecule has 2 heterocycles. The van der Waals surface area contributed by atoms with E-state index in [1.807, 2.05) is 37.3 Å². The lowest BCUT2D eigenvalue weighted by molar-refractivity contribution is -0.131. The Bertz CT molecular complexity index is 1150. The molecule has 2 aliphatic rings. The molecule has 32 heavy (non-hydrogen) atoms. The number of sulfonamides is 1. The fourth-order valence-corrected chi connectivity index (χ4v) is 6.69. The molecule has 0 radical (unpaired) electrons. The van der Waals surface area contributed by atoms with Crippen LogP contribution in [0.5, 0.6) is 0 Å². The van der Waals surface area contributed by atoms with Crippen molar-refractivity contribution in [1.82, 2.24) is 9.21 Å². The summed E-state index contributed by atoms with van der Waals surface area (Å²) in [4.78, 5) is 19.4. The standard InChI is InChI=1S/C24H32N4O3S/c1-17(2)15-24(3)22(29)28(23(25)26-24)16-18-11-13-27(14-12-18)32(30,31)21-10-6-8-19-7-4-5-9-20(19)21/h4-10,17-18H,11-16H2,1-3H3,(H2,25,26). The lowest BCUT2D eigenvalue weighted by Gasteiger charge is -2.33. The van der Waals surface area contributed by atoms with E-state index in [4.69, 9.17) is 5.73 Å². The first kappa shape index (κ1) is 22.7. The Kier molecular flexibility index (Phi) is 6.02. The number of nitrogens with zero attached hydrogens (tertiary/aromatic N) is 3. The third-order valence-electron chi connectivity index (χ3n) is 6.53. The average molecular weight is 457 g/mol. The van der Waals surface area contributed by atoms with Gasteiger partial charge in [0.25, 0.3) is 5.91 Å². The number of carbonyl (C=O) groups excluding carboxylic acids is 1. The summed E-state index contributed by atoms with van der Waals surface area (Å²) in [6.45, 7) is 7.33. The number of fused-ring (bicyclic) bond motifs is 1. The average Bonchev–Trinajstić information content (AvgIpc) is 2.95. The van der Waals surface area contributed by atoms with Crippen LogP contribution in [0.15, 0.2) is 52.4 Å². The van der Waals surface area contributed by atoms with Crippen molar-refractivity contribution in [3.63, 3.8) is 0 Å². The summed E-state index contributed by atoms with van der Waals surface area (Å²) in [6.07, 6.45) is 2.02. The molecule has 7 nitrogen and oxygen atoms in total. The SMILES string of the molecule is CC(C)CC1(C)N=C(N)N(CC2CCN(S(=O)(=O)c3cccc4ccccc34)CC2)C1=O. The van der Waals surface area contributed by atoms with E-state index in [9.17, 15) is 13.2 Å². The van der Waals surface area contributed by atoms with E-state index in [0.717, 1.165) is 10.8 Å². The number of hydrogen-bond donors (Lipinski definition) is 1. The zero-order chi connectivity index (χ0) is 23.1. The third-order valence-corrected chi connectivity index (χ3v) is 8.49. The Hall–Kier alpha value is -2.45. The summed E-state index contributed by atoms with van der Waals surface area (Å²) in [6, 6.07) is 12.9. The number of hydrogen-bond acceptors (Lipinski definition) is 5. The molecule has 1 saturated heterocycles. The zero-order valence-electron chi connectivity index (χ0n) is 19.0. The Labute approximate surface area is 190 Å². The van der Waals surface area contributed by atoms with Gasteiger partial charge in [0.1, 0.15) is 5.54 Å². The quantitative estimate of drug-likeness (QED) is 0.722. The Balaban J connectivity index is 1.43. The largest absolute Gasteiger partial charge is 0.369 e. The fraction of sp³-hybridized carbons (Fsp3) is 0.500.